The monoisotopic (exact) mass is 816 g/mol. The molecule has 0 amide bonds. The summed E-state index contributed by atoms with van der Waals surface area (Å²) in [6.07, 6.45) is 1.75. The third-order valence-electron chi connectivity index (χ3n) is 8.19. The van der Waals surface area contributed by atoms with E-state index in [9.17, 15) is 19.5 Å². The van der Waals surface area contributed by atoms with E-state index in [0.717, 1.165) is 3.57 Å². The lowest BCUT2D eigenvalue weighted by Gasteiger charge is -2.26. The summed E-state index contributed by atoms with van der Waals surface area (Å²) in [5.74, 6) is 0.391. The zero-order valence-electron chi connectivity index (χ0n) is 27.3. The van der Waals surface area contributed by atoms with Gasteiger partial charge in [0, 0.05) is 5.56 Å². The van der Waals surface area contributed by atoms with Crippen molar-refractivity contribution in [2.24, 2.45) is 4.99 Å². The average molecular weight is 817 g/mol. The number of ether oxygens (including phenoxy) is 5. The van der Waals surface area contributed by atoms with E-state index in [4.69, 9.17) is 28.7 Å². The molecule has 7 rings (SSSR count). The number of hydrogen-bond acceptors (Lipinski definition) is 10. The summed E-state index contributed by atoms with van der Waals surface area (Å²) < 4.78 is 31.2. The number of fused-ring (bicyclic) bond motifs is 2. The van der Waals surface area contributed by atoms with Crippen molar-refractivity contribution in [3.63, 3.8) is 0 Å². The highest BCUT2D eigenvalue weighted by Crippen LogP contribution is 2.40. The van der Waals surface area contributed by atoms with Gasteiger partial charge in [-0.1, -0.05) is 59.9 Å². The van der Waals surface area contributed by atoms with E-state index in [1.165, 1.54) is 29.1 Å². The smallest absolute Gasteiger partial charge is 0.338 e. The quantitative estimate of drug-likeness (QED) is 0.142. The molecule has 0 saturated heterocycles. The van der Waals surface area contributed by atoms with Crippen molar-refractivity contribution < 1.29 is 38.4 Å². The molecule has 258 valence electrons. The fourth-order valence-corrected chi connectivity index (χ4v) is 7.69. The summed E-state index contributed by atoms with van der Waals surface area (Å²) in [5, 5.41) is 9.35. The minimum Gasteiger partial charge on any atom is -0.493 e. The normalized spacial score (nSPS) is 14.9. The molecule has 11 nitrogen and oxygen atoms in total. The second kappa shape index (κ2) is 14.4. The number of hydrogen-bond donors (Lipinski definition) is 1. The molecular formula is C38H29IN2O9S. The molecule has 5 aromatic rings. The van der Waals surface area contributed by atoms with Crippen LogP contribution in [0.5, 0.6) is 23.0 Å². The number of aromatic carboxylic acids is 1. The van der Waals surface area contributed by atoms with Crippen molar-refractivity contribution in [3.8, 4) is 23.0 Å². The topological polar surface area (TPSA) is 135 Å². The number of benzene rings is 4. The molecule has 2 aliphatic rings. The number of methoxy groups -OCH3 is 1. The van der Waals surface area contributed by atoms with E-state index in [1.807, 2.05) is 42.5 Å². The summed E-state index contributed by atoms with van der Waals surface area (Å²) in [4.78, 5) is 44.9. The number of carboxylic acids is 1. The van der Waals surface area contributed by atoms with Gasteiger partial charge in [0.1, 0.15) is 6.61 Å². The van der Waals surface area contributed by atoms with Crippen LogP contribution in [0.3, 0.4) is 0 Å². The Labute approximate surface area is 308 Å². The van der Waals surface area contributed by atoms with Gasteiger partial charge in [0.05, 0.1) is 44.7 Å². The molecule has 1 N–H and O–H groups in total. The standard InChI is InChI=1S/C38H29IN2O9S/c1-3-47-37(45)31-32(23-9-5-4-6-10-23)40-38-41(33(31)24-12-13-27-28(18-24)50-20-49-27)35(42)30(51-38)17-22-15-26(39)34(29(16-22)46-2)48-19-21-8-7-11-25(14-21)36(43)44/h4-18,33H,3,19-20H2,1-2H3,(H,43,44)/b30-17-/t33-/m1/s1. The maximum absolute atomic E-state index is 14.4. The minimum atomic E-state index is -1.02. The van der Waals surface area contributed by atoms with Gasteiger partial charge in [0.2, 0.25) is 6.79 Å². The number of carboxylic acid groups (broad SMARTS) is 1. The molecule has 3 heterocycles. The summed E-state index contributed by atoms with van der Waals surface area (Å²) in [7, 11) is 1.52. The van der Waals surface area contributed by atoms with E-state index in [0.29, 0.717) is 60.3 Å². The maximum Gasteiger partial charge on any atom is 0.338 e. The SMILES string of the molecule is CCOC(=O)C1=C(c2ccccc2)N=c2s/c(=C\c3cc(I)c(OCc4cccc(C(=O)O)c4)c(OC)c3)c(=O)n2[C@@H]1c1ccc2c(c1)OCO2. The van der Waals surface area contributed by atoms with Gasteiger partial charge in [-0.05, 0) is 88.7 Å². The van der Waals surface area contributed by atoms with Gasteiger partial charge in [-0.25, -0.2) is 14.6 Å². The molecule has 0 saturated carbocycles. The number of carbonyl (C=O) groups is 2. The molecule has 0 fully saturated rings. The lowest BCUT2D eigenvalue weighted by atomic mass is 9.93. The summed E-state index contributed by atoms with van der Waals surface area (Å²) >= 11 is 3.34. The molecule has 0 unspecified atom stereocenters. The van der Waals surface area contributed by atoms with Crippen LogP contribution in [0.2, 0.25) is 0 Å². The Kier molecular flexibility index (Phi) is 9.65. The molecule has 0 spiro atoms. The Bertz CT molecular complexity index is 2400. The largest absolute Gasteiger partial charge is 0.493 e. The predicted octanol–water partition coefficient (Wildman–Crippen LogP) is 5.55. The van der Waals surface area contributed by atoms with Crippen LogP contribution in [0.25, 0.3) is 11.8 Å². The van der Waals surface area contributed by atoms with Crippen LogP contribution in [0.1, 0.15) is 45.6 Å². The van der Waals surface area contributed by atoms with Crippen LogP contribution in [0.15, 0.2) is 100 Å². The zero-order chi connectivity index (χ0) is 35.6. The molecule has 51 heavy (non-hydrogen) atoms. The Morgan fingerprint density at radius 2 is 1.84 bits per heavy atom. The van der Waals surface area contributed by atoms with E-state index >= 15 is 0 Å². The maximum atomic E-state index is 14.4. The number of halogens is 1. The Balaban J connectivity index is 1.34. The van der Waals surface area contributed by atoms with Crippen LogP contribution < -0.4 is 33.8 Å². The molecular weight excluding hydrogens is 787 g/mol. The number of thiazole rings is 1. The first-order chi connectivity index (χ1) is 24.7. The number of nitrogens with zero attached hydrogens (tertiary/aromatic N) is 2. The van der Waals surface area contributed by atoms with E-state index < -0.39 is 18.0 Å². The van der Waals surface area contributed by atoms with Crippen molar-refractivity contribution in [2.75, 3.05) is 20.5 Å². The second-order valence-electron chi connectivity index (χ2n) is 11.4. The van der Waals surface area contributed by atoms with Crippen LogP contribution in [-0.2, 0) is 16.1 Å². The first kappa shape index (κ1) is 34.1. The fraction of sp³-hybridized carbons (Fsp3) is 0.158. The highest BCUT2D eigenvalue weighted by molar-refractivity contribution is 14.1. The fourth-order valence-electron chi connectivity index (χ4n) is 5.90. The van der Waals surface area contributed by atoms with Crippen molar-refractivity contribution in [3.05, 3.63) is 142 Å². The third kappa shape index (κ3) is 6.73. The first-order valence-electron chi connectivity index (χ1n) is 15.8. The van der Waals surface area contributed by atoms with Gasteiger partial charge < -0.3 is 28.8 Å². The van der Waals surface area contributed by atoms with Gasteiger partial charge in [-0.2, -0.15) is 0 Å². The molecule has 1 aromatic heterocycles. The van der Waals surface area contributed by atoms with Gasteiger partial charge in [0.25, 0.3) is 5.56 Å². The Morgan fingerprint density at radius 3 is 2.61 bits per heavy atom. The first-order valence-corrected chi connectivity index (χ1v) is 17.7. The molecule has 0 aliphatic carbocycles. The van der Waals surface area contributed by atoms with Crippen LogP contribution in [0.4, 0.5) is 0 Å². The van der Waals surface area contributed by atoms with Gasteiger partial charge in [-0.15, -0.1) is 0 Å². The van der Waals surface area contributed by atoms with E-state index in [-0.39, 0.29) is 36.7 Å². The average Bonchev–Trinajstić information content (AvgIpc) is 3.74. The second-order valence-corrected chi connectivity index (χ2v) is 13.5. The zero-order valence-corrected chi connectivity index (χ0v) is 30.2. The predicted molar refractivity (Wildman–Crippen MR) is 197 cm³/mol. The lowest BCUT2D eigenvalue weighted by Crippen LogP contribution is -2.40. The van der Waals surface area contributed by atoms with Crippen LogP contribution in [0, 0.1) is 3.57 Å². The molecule has 0 bridgehead atoms. The highest BCUT2D eigenvalue weighted by Gasteiger charge is 2.36. The number of aromatic nitrogens is 1. The summed E-state index contributed by atoms with van der Waals surface area (Å²) in [6, 6.07) is 24.0. The summed E-state index contributed by atoms with van der Waals surface area (Å²) in [6.45, 7) is 2.06. The molecule has 2 aliphatic heterocycles. The lowest BCUT2D eigenvalue weighted by molar-refractivity contribution is -0.138. The van der Waals surface area contributed by atoms with Gasteiger partial charge in [-0.3, -0.25) is 9.36 Å². The summed E-state index contributed by atoms with van der Waals surface area (Å²) in [5.41, 5.74) is 3.16. The van der Waals surface area contributed by atoms with Gasteiger partial charge in [0.15, 0.2) is 27.8 Å². The molecule has 4 aromatic carbocycles. The highest BCUT2D eigenvalue weighted by atomic mass is 127. The number of carbonyl (C=O) groups excluding carboxylic acids is 1. The number of esters is 1. The van der Waals surface area contributed by atoms with Crippen molar-refractivity contribution in [2.45, 2.75) is 19.6 Å². The molecule has 1 atom stereocenters. The van der Waals surface area contributed by atoms with Crippen molar-refractivity contribution in [1.82, 2.24) is 4.57 Å². The van der Waals surface area contributed by atoms with Crippen molar-refractivity contribution in [1.29, 1.82) is 0 Å². The van der Waals surface area contributed by atoms with Crippen LogP contribution >= 0.6 is 33.9 Å². The van der Waals surface area contributed by atoms with E-state index in [2.05, 4.69) is 22.6 Å². The van der Waals surface area contributed by atoms with Gasteiger partial charge >= 0.3 is 11.9 Å². The third-order valence-corrected chi connectivity index (χ3v) is 9.98. The van der Waals surface area contributed by atoms with Crippen molar-refractivity contribution >= 4 is 57.6 Å². The number of rotatable bonds is 10. The Hall–Kier alpha value is -5.41. The molecule has 13 heteroatoms. The molecule has 0 radical (unpaired) electrons. The van der Waals surface area contributed by atoms with Crippen LogP contribution in [-0.4, -0.2) is 42.1 Å². The minimum absolute atomic E-state index is 0.0708. The Morgan fingerprint density at radius 1 is 1.04 bits per heavy atom. The van der Waals surface area contributed by atoms with E-state index in [1.54, 1.807) is 49.4 Å².